The van der Waals surface area contributed by atoms with E-state index in [-0.39, 0.29) is 6.61 Å². The largest absolute Gasteiger partial charge is 0.460 e. The molecule has 0 amide bonds. The molecule has 1 aromatic carbocycles. The van der Waals surface area contributed by atoms with Crippen LogP contribution in [0, 0.1) is 0 Å². The van der Waals surface area contributed by atoms with Gasteiger partial charge in [-0.2, -0.15) is 0 Å². The van der Waals surface area contributed by atoms with Gasteiger partial charge in [0, 0.05) is 12.1 Å². The molecule has 4 heteroatoms. The molecule has 0 atom stereocenters. The number of carbonyl (C=O) groups excluding carboxylic acids is 2. The van der Waals surface area contributed by atoms with Crippen LogP contribution < -0.4 is 0 Å². The Kier molecular flexibility index (Phi) is 4.68. The Morgan fingerprint density at radius 3 is 2.37 bits per heavy atom. The molecule has 0 spiro atoms. The Bertz CT molecular complexity index is 447. The van der Waals surface area contributed by atoms with Crippen LogP contribution in [0.15, 0.2) is 24.3 Å². The summed E-state index contributed by atoms with van der Waals surface area (Å²) >= 11 is 0. The van der Waals surface area contributed by atoms with Gasteiger partial charge in [0.2, 0.25) is 0 Å². The highest BCUT2D eigenvalue weighted by atomic mass is 16.5. The zero-order valence-corrected chi connectivity index (χ0v) is 11.2. The van der Waals surface area contributed by atoms with Crippen LogP contribution in [0.5, 0.6) is 0 Å². The number of likely N-dealkylation sites (tertiary alicyclic amines) is 1. The first-order chi connectivity index (χ1) is 9.20. The second kappa shape index (κ2) is 6.48. The van der Waals surface area contributed by atoms with E-state index >= 15 is 0 Å². The molecule has 0 radical (unpaired) electrons. The van der Waals surface area contributed by atoms with Crippen LogP contribution in [0.25, 0.3) is 0 Å². The number of Topliss-reactive ketones (excluding diaryl/α,β-unsaturated/α-hetero) is 1. The summed E-state index contributed by atoms with van der Waals surface area (Å²) in [5, 5.41) is 0. The lowest BCUT2D eigenvalue weighted by molar-refractivity contribution is -0.137. The van der Waals surface area contributed by atoms with Crippen LogP contribution in [-0.2, 0) is 16.1 Å². The van der Waals surface area contributed by atoms with Crippen molar-refractivity contribution in [3.8, 4) is 0 Å². The Balaban J connectivity index is 1.97. The van der Waals surface area contributed by atoms with Crippen molar-refractivity contribution in [1.82, 2.24) is 4.90 Å². The van der Waals surface area contributed by atoms with Crippen molar-refractivity contribution in [2.75, 3.05) is 19.7 Å². The van der Waals surface area contributed by atoms with Crippen LogP contribution >= 0.6 is 0 Å². The van der Waals surface area contributed by atoms with Crippen molar-refractivity contribution < 1.29 is 14.3 Å². The summed E-state index contributed by atoms with van der Waals surface area (Å²) in [5.74, 6) is -1.36. The Labute approximate surface area is 113 Å². The average Bonchev–Trinajstić information content (AvgIpc) is 2.92. The molecule has 19 heavy (non-hydrogen) atoms. The monoisotopic (exact) mass is 261 g/mol. The summed E-state index contributed by atoms with van der Waals surface area (Å²) in [6.45, 7) is 5.10. The smallest absolute Gasteiger partial charge is 0.379 e. The van der Waals surface area contributed by atoms with Gasteiger partial charge in [0.25, 0.3) is 5.78 Å². The number of esters is 1. The molecule has 1 aliphatic heterocycles. The van der Waals surface area contributed by atoms with E-state index in [0.717, 1.165) is 19.6 Å². The number of hydrogen-bond donors (Lipinski definition) is 0. The third-order valence-corrected chi connectivity index (χ3v) is 3.28. The maximum atomic E-state index is 11.7. The molecule has 1 saturated heterocycles. The van der Waals surface area contributed by atoms with Crippen LogP contribution in [0.2, 0.25) is 0 Å². The van der Waals surface area contributed by atoms with Gasteiger partial charge in [-0.1, -0.05) is 24.3 Å². The number of benzene rings is 1. The summed E-state index contributed by atoms with van der Waals surface area (Å²) in [7, 11) is 0. The van der Waals surface area contributed by atoms with Crippen LogP contribution in [-0.4, -0.2) is 36.3 Å². The average molecular weight is 261 g/mol. The predicted octanol–water partition coefficient (Wildman–Crippen LogP) is 2.03. The molecule has 4 nitrogen and oxygen atoms in total. The highest BCUT2D eigenvalue weighted by Gasteiger charge is 2.17. The Morgan fingerprint density at radius 1 is 1.16 bits per heavy atom. The van der Waals surface area contributed by atoms with Gasteiger partial charge < -0.3 is 4.74 Å². The summed E-state index contributed by atoms with van der Waals surface area (Å²) in [6.07, 6.45) is 2.53. The minimum absolute atomic E-state index is 0.220. The lowest BCUT2D eigenvalue weighted by Crippen LogP contribution is -2.19. The van der Waals surface area contributed by atoms with Gasteiger partial charge in [-0.15, -0.1) is 0 Å². The topological polar surface area (TPSA) is 46.6 Å². The van der Waals surface area contributed by atoms with Gasteiger partial charge >= 0.3 is 5.97 Å². The van der Waals surface area contributed by atoms with Gasteiger partial charge in [0.15, 0.2) is 0 Å². The number of hydrogen-bond acceptors (Lipinski definition) is 4. The predicted molar refractivity (Wildman–Crippen MR) is 71.9 cm³/mol. The van der Waals surface area contributed by atoms with Gasteiger partial charge in [0.05, 0.1) is 6.61 Å². The summed E-state index contributed by atoms with van der Waals surface area (Å²) < 4.78 is 4.70. The quantitative estimate of drug-likeness (QED) is 0.462. The molecular weight excluding hydrogens is 242 g/mol. The third-order valence-electron chi connectivity index (χ3n) is 3.28. The lowest BCUT2D eigenvalue weighted by atomic mass is 10.1. The molecule has 0 unspecified atom stereocenters. The molecule has 0 bridgehead atoms. The third kappa shape index (κ3) is 3.64. The minimum atomic E-state index is -0.783. The second-order valence-corrected chi connectivity index (χ2v) is 4.73. The minimum Gasteiger partial charge on any atom is -0.460 e. The Hall–Kier alpha value is -1.68. The molecule has 0 aliphatic carbocycles. The molecule has 0 aromatic heterocycles. The van der Waals surface area contributed by atoms with E-state index < -0.39 is 11.8 Å². The summed E-state index contributed by atoms with van der Waals surface area (Å²) in [4.78, 5) is 25.4. The highest BCUT2D eigenvalue weighted by Crippen LogP contribution is 2.13. The van der Waals surface area contributed by atoms with Crippen molar-refractivity contribution in [3.63, 3.8) is 0 Å². The molecule has 2 rings (SSSR count). The fraction of sp³-hybridized carbons (Fsp3) is 0.467. The van der Waals surface area contributed by atoms with Gasteiger partial charge in [-0.3, -0.25) is 9.69 Å². The summed E-state index contributed by atoms with van der Waals surface area (Å²) in [6, 6.07) is 7.21. The maximum Gasteiger partial charge on any atom is 0.379 e. The molecule has 1 fully saturated rings. The number of carbonyl (C=O) groups is 2. The zero-order valence-electron chi connectivity index (χ0n) is 11.2. The number of rotatable bonds is 5. The lowest BCUT2D eigenvalue weighted by Gasteiger charge is -2.14. The van der Waals surface area contributed by atoms with E-state index in [1.807, 2.05) is 12.1 Å². The second-order valence-electron chi connectivity index (χ2n) is 4.73. The standard InChI is InChI=1S/C15H19NO3/c1-2-19-15(18)14(17)13-7-5-12(6-8-13)11-16-9-3-4-10-16/h5-8H,2-4,9-11H2,1H3. The SMILES string of the molecule is CCOC(=O)C(=O)c1ccc(CN2CCCC2)cc1. The van der Waals surface area contributed by atoms with Crippen LogP contribution in [0.4, 0.5) is 0 Å². The first-order valence-corrected chi connectivity index (χ1v) is 6.73. The van der Waals surface area contributed by atoms with Gasteiger partial charge in [-0.05, 0) is 38.4 Å². The van der Waals surface area contributed by atoms with Crippen LogP contribution in [0.1, 0.15) is 35.7 Å². The molecular formula is C15H19NO3. The van der Waals surface area contributed by atoms with Crippen LogP contribution in [0.3, 0.4) is 0 Å². The van der Waals surface area contributed by atoms with E-state index in [9.17, 15) is 9.59 Å². The molecule has 1 aliphatic rings. The maximum absolute atomic E-state index is 11.7. The highest BCUT2D eigenvalue weighted by molar-refractivity contribution is 6.40. The fourth-order valence-corrected chi connectivity index (χ4v) is 2.27. The first-order valence-electron chi connectivity index (χ1n) is 6.73. The van der Waals surface area contributed by atoms with Crippen molar-refractivity contribution in [1.29, 1.82) is 0 Å². The number of ether oxygens (including phenoxy) is 1. The van der Waals surface area contributed by atoms with E-state index in [0.29, 0.717) is 5.56 Å². The molecule has 1 aromatic rings. The zero-order chi connectivity index (χ0) is 13.7. The van der Waals surface area contributed by atoms with Crippen molar-refractivity contribution in [2.24, 2.45) is 0 Å². The molecule has 102 valence electrons. The van der Waals surface area contributed by atoms with E-state index in [1.165, 1.54) is 18.4 Å². The van der Waals surface area contributed by atoms with Crippen molar-refractivity contribution in [2.45, 2.75) is 26.3 Å². The number of ketones is 1. The van der Waals surface area contributed by atoms with Crippen molar-refractivity contribution >= 4 is 11.8 Å². The first kappa shape index (κ1) is 13.7. The van der Waals surface area contributed by atoms with E-state index in [1.54, 1.807) is 19.1 Å². The van der Waals surface area contributed by atoms with Crippen molar-refractivity contribution in [3.05, 3.63) is 35.4 Å². The number of nitrogens with zero attached hydrogens (tertiary/aromatic N) is 1. The Morgan fingerprint density at radius 2 is 1.79 bits per heavy atom. The fourth-order valence-electron chi connectivity index (χ4n) is 2.27. The molecule has 0 N–H and O–H groups in total. The van der Waals surface area contributed by atoms with E-state index in [2.05, 4.69) is 4.90 Å². The summed E-state index contributed by atoms with van der Waals surface area (Å²) in [5.41, 5.74) is 1.56. The molecule has 1 heterocycles. The van der Waals surface area contributed by atoms with E-state index in [4.69, 9.17) is 4.74 Å². The normalized spacial score (nSPS) is 15.4. The molecule has 0 saturated carbocycles. The van der Waals surface area contributed by atoms with Gasteiger partial charge in [0.1, 0.15) is 0 Å². The van der Waals surface area contributed by atoms with Gasteiger partial charge in [-0.25, -0.2) is 4.79 Å².